The molecule has 0 atom stereocenters. The van der Waals surface area contributed by atoms with E-state index in [1.807, 2.05) is 30.1 Å². The lowest BCUT2D eigenvalue weighted by Gasteiger charge is -2.31. The van der Waals surface area contributed by atoms with Crippen LogP contribution in [0.3, 0.4) is 0 Å². The Morgan fingerprint density at radius 1 is 1.14 bits per heavy atom. The first-order valence-corrected chi connectivity index (χ1v) is 8.25. The molecule has 1 saturated heterocycles. The number of hydrogen-bond acceptors (Lipinski definition) is 3. The second-order valence-corrected chi connectivity index (χ2v) is 6.28. The van der Waals surface area contributed by atoms with Gasteiger partial charge in [-0.15, -0.1) is 0 Å². The fourth-order valence-corrected chi connectivity index (χ4v) is 3.48. The van der Waals surface area contributed by atoms with Gasteiger partial charge >= 0.3 is 0 Å². The molecule has 2 heterocycles. The van der Waals surface area contributed by atoms with Crippen LogP contribution in [0.15, 0.2) is 18.2 Å². The molecule has 4 nitrogen and oxygen atoms in total. The summed E-state index contributed by atoms with van der Waals surface area (Å²) in [4.78, 5) is 21.4. The summed E-state index contributed by atoms with van der Waals surface area (Å²) in [5.74, 6) is 1.03. The molecular formula is C17H25N3O. The van der Waals surface area contributed by atoms with Crippen molar-refractivity contribution in [3.05, 3.63) is 23.9 Å². The van der Waals surface area contributed by atoms with Gasteiger partial charge in [0.05, 0.1) is 0 Å². The van der Waals surface area contributed by atoms with Crippen molar-refractivity contribution < 1.29 is 4.79 Å². The first-order valence-electron chi connectivity index (χ1n) is 8.25. The highest BCUT2D eigenvalue weighted by molar-refractivity contribution is 5.92. The van der Waals surface area contributed by atoms with Gasteiger partial charge in [0, 0.05) is 26.2 Å². The van der Waals surface area contributed by atoms with Crippen molar-refractivity contribution in [2.45, 2.75) is 51.0 Å². The van der Waals surface area contributed by atoms with Crippen LogP contribution in [-0.4, -0.2) is 42.0 Å². The summed E-state index contributed by atoms with van der Waals surface area (Å²) < 4.78 is 0. The van der Waals surface area contributed by atoms with Gasteiger partial charge in [0.1, 0.15) is 11.5 Å². The third kappa shape index (κ3) is 3.20. The van der Waals surface area contributed by atoms with E-state index >= 15 is 0 Å². The minimum absolute atomic E-state index is 0.0722. The van der Waals surface area contributed by atoms with Gasteiger partial charge < -0.3 is 9.80 Å². The van der Waals surface area contributed by atoms with Gasteiger partial charge in [-0.3, -0.25) is 4.79 Å². The summed E-state index contributed by atoms with van der Waals surface area (Å²) in [5, 5.41) is 0. The second-order valence-electron chi connectivity index (χ2n) is 6.28. The lowest BCUT2D eigenvalue weighted by molar-refractivity contribution is 0.0690. The minimum atomic E-state index is 0.0722. The van der Waals surface area contributed by atoms with E-state index in [9.17, 15) is 4.79 Å². The third-order valence-electron chi connectivity index (χ3n) is 4.83. The van der Waals surface area contributed by atoms with Crippen molar-refractivity contribution in [2.24, 2.45) is 0 Å². The first-order chi connectivity index (χ1) is 10.3. The summed E-state index contributed by atoms with van der Waals surface area (Å²) >= 11 is 0. The SMILES string of the molecule is CN(C(=O)c1cccc(N2CCCC2)n1)C1CCCCC1. The average molecular weight is 287 g/mol. The lowest BCUT2D eigenvalue weighted by atomic mass is 9.94. The highest BCUT2D eigenvalue weighted by Gasteiger charge is 2.24. The topological polar surface area (TPSA) is 36.4 Å². The van der Waals surface area contributed by atoms with Gasteiger partial charge in [-0.2, -0.15) is 0 Å². The molecule has 1 aliphatic carbocycles. The number of aromatic nitrogens is 1. The summed E-state index contributed by atoms with van der Waals surface area (Å²) in [6, 6.07) is 6.22. The monoisotopic (exact) mass is 287 g/mol. The van der Waals surface area contributed by atoms with Crippen LogP contribution in [0.1, 0.15) is 55.4 Å². The van der Waals surface area contributed by atoms with E-state index in [2.05, 4.69) is 9.88 Å². The second kappa shape index (κ2) is 6.46. The van der Waals surface area contributed by atoms with Crippen molar-refractivity contribution in [1.29, 1.82) is 0 Å². The molecular weight excluding hydrogens is 262 g/mol. The maximum atomic E-state index is 12.7. The van der Waals surface area contributed by atoms with Crippen LogP contribution in [0.5, 0.6) is 0 Å². The molecule has 0 spiro atoms. The van der Waals surface area contributed by atoms with Crippen molar-refractivity contribution in [3.63, 3.8) is 0 Å². The van der Waals surface area contributed by atoms with Crippen molar-refractivity contribution in [1.82, 2.24) is 9.88 Å². The Labute approximate surface area is 127 Å². The number of amides is 1. The molecule has 4 heteroatoms. The number of carbonyl (C=O) groups excluding carboxylic acids is 1. The summed E-state index contributed by atoms with van der Waals surface area (Å²) in [6.07, 6.45) is 8.50. The van der Waals surface area contributed by atoms with Crippen LogP contribution in [-0.2, 0) is 0 Å². The van der Waals surface area contributed by atoms with Gasteiger partial charge in [-0.25, -0.2) is 4.98 Å². The zero-order valence-corrected chi connectivity index (χ0v) is 12.9. The Bertz CT molecular complexity index is 491. The standard InChI is InChI=1S/C17H25N3O/c1-19(14-8-3-2-4-9-14)17(21)15-10-7-11-16(18-15)20-12-5-6-13-20/h7,10-11,14H,2-6,8-9,12-13H2,1H3. The molecule has 1 aromatic heterocycles. The van der Waals surface area contributed by atoms with Crippen molar-refractivity contribution in [2.75, 3.05) is 25.0 Å². The molecule has 21 heavy (non-hydrogen) atoms. The zero-order valence-electron chi connectivity index (χ0n) is 12.9. The lowest BCUT2D eigenvalue weighted by Crippen LogP contribution is -2.38. The molecule has 2 fully saturated rings. The third-order valence-corrected chi connectivity index (χ3v) is 4.83. The fraction of sp³-hybridized carbons (Fsp3) is 0.647. The Morgan fingerprint density at radius 3 is 2.57 bits per heavy atom. The Morgan fingerprint density at radius 2 is 1.86 bits per heavy atom. The van der Waals surface area contributed by atoms with E-state index in [0.717, 1.165) is 31.7 Å². The predicted molar refractivity (Wildman–Crippen MR) is 84.7 cm³/mol. The Hall–Kier alpha value is -1.58. The van der Waals surface area contributed by atoms with Crippen LogP contribution in [0.2, 0.25) is 0 Å². The molecule has 0 aromatic carbocycles. The molecule has 1 saturated carbocycles. The molecule has 0 N–H and O–H groups in total. The van der Waals surface area contributed by atoms with Crippen LogP contribution >= 0.6 is 0 Å². The van der Waals surface area contributed by atoms with Crippen LogP contribution in [0.4, 0.5) is 5.82 Å². The maximum Gasteiger partial charge on any atom is 0.272 e. The number of rotatable bonds is 3. The summed E-state index contributed by atoms with van der Waals surface area (Å²) in [7, 11) is 1.93. The largest absolute Gasteiger partial charge is 0.357 e. The van der Waals surface area contributed by atoms with E-state index in [4.69, 9.17) is 0 Å². The summed E-state index contributed by atoms with van der Waals surface area (Å²) in [6.45, 7) is 2.12. The molecule has 1 aliphatic heterocycles. The van der Waals surface area contributed by atoms with Crippen molar-refractivity contribution in [3.8, 4) is 0 Å². The van der Waals surface area contributed by atoms with Crippen LogP contribution in [0.25, 0.3) is 0 Å². The normalized spacial score (nSPS) is 19.8. The number of anilines is 1. The molecule has 114 valence electrons. The van der Waals surface area contributed by atoms with Gasteiger partial charge in [0.25, 0.3) is 5.91 Å². The first kappa shape index (κ1) is 14.4. The van der Waals surface area contributed by atoms with Gasteiger partial charge in [-0.1, -0.05) is 25.3 Å². The average Bonchev–Trinajstić information content (AvgIpc) is 3.09. The fourth-order valence-electron chi connectivity index (χ4n) is 3.48. The van der Waals surface area contributed by atoms with Gasteiger partial charge in [0.15, 0.2) is 0 Å². The number of hydrogen-bond donors (Lipinski definition) is 0. The summed E-state index contributed by atoms with van der Waals surface area (Å²) in [5.41, 5.74) is 0.590. The van der Waals surface area contributed by atoms with E-state index in [1.54, 1.807) is 0 Å². The molecule has 2 aliphatic rings. The molecule has 1 amide bonds. The maximum absolute atomic E-state index is 12.7. The molecule has 0 bridgehead atoms. The Kier molecular flexibility index (Phi) is 4.42. The van der Waals surface area contributed by atoms with E-state index in [-0.39, 0.29) is 5.91 Å². The molecule has 3 rings (SSSR count). The van der Waals surface area contributed by atoms with Crippen molar-refractivity contribution >= 4 is 11.7 Å². The minimum Gasteiger partial charge on any atom is -0.357 e. The quantitative estimate of drug-likeness (QED) is 0.857. The highest BCUT2D eigenvalue weighted by atomic mass is 16.2. The molecule has 0 radical (unpaired) electrons. The van der Waals surface area contributed by atoms with Crippen LogP contribution < -0.4 is 4.90 Å². The Balaban J connectivity index is 1.72. The van der Waals surface area contributed by atoms with Crippen LogP contribution in [0, 0.1) is 0 Å². The van der Waals surface area contributed by atoms with Gasteiger partial charge in [-0.05, 0) is 37.8 Å². The highest BCUT2D eigenvalue weighted by Crippen LogP contribution is 2.23. The number of carbonyl (C=O) groups is 1. The van der Waals surface area contributed by atoms with E-state index in [0.29, 0.717) is 11.7 Å². The predicted octanol–water partition coefficient (Wildman–Crippen LogP) is 3.09. The number of nitrogens with zero attached hydrogens (tertiary/aromatic N) is 3. The van der Waals surface area contributed by atoms with Gasteiger partial charge in [0.2, 0.25) is 0 Å². The zero-order chi connectivity index (χ0) is 14.7. The van der Waals surface area contributed by atoms with E-state index in [1.165, 1.54) is 32.1 Å². The molecule has 0 unspecified atom stereocenters. The smallest absolute Gasteiger partial charge is 0.272 e. The van der Waals surface area contributed by atoms with E-state index < -0.39 is 0 Å². The molecule has 1 aromatic rings. The number of pyridine rings is 1.